The number of aromatic hydroxyl groups is 1. The monoisotopic (exact) mass is 392 g/mol. The summed E-state index contributed by atoms with van der Waals surface area (Å²) in [4.78, 5) is 24.9. The zero-order valence-corrected chi connectivity index (χ0v) is 16.0. The lowest BCUT2D eigenvalue weighted by Gasteiger charge is -2.19. The van der Waals surface area contributed by atoms with Crippen LogP contribution in [0.2, 0.25) is 0 Å². The second-order valence-corrected chi connectivity index (χ2v) is 6.92. The lowest BCUT2D eigenvalue weighted by Crippen LogP contribution is -2.36. The Labute approximate surface area is 162 Å². The van der Waals surface area contributed by atoms with Crippen LogP contribution in [-0.2, 0) is 19.0 Å². The molecule has 2 N–H and O–H groups in total. The number of phenols is 1. The number of carbonyl (C=O) groups excluding carboxylic acids is 2. The third-order valence-electron chi connectivity index (χ3n) is 4.87. The van der Waals surface area contributed by atoms with Gasteiger partial charge in [0.15, 0.2) is 5.78 Å². The highest BCUT2D eigenvalue weighted by molar-refractivity contribution is 5.95. The van der Waals surface area contributed by atoms with Crippen molar-refractivity contribution in [2.24, 2.45) is 0 Å². The van der Waals surface area contributed by atoms with Crippen molar-refractivity contribution in [1.82, 2.24) is 0 Å². The fourth-order valence-electron chi connectivity index (χ4n) is 3.37. The van der Waals surface area contributed by atoms with E-state index in [1.807, 2.05) is 0 Å². The Morgan fingerprint density at radius 3 is 2.64 bits per heavy atom. The molecule has 1 fully saturated rings. The van der Waals surface area contributed by atoms with Crippen LogP contribution >= 0.6 is 0 Å². The maximum absolute atomic E-state index is 12.7. The molecule has 0 aromatic heterocycles. The van der Waals surface area contributed by atoms with Crippen molar-refractivity contribution in [2.45, 2.75) is 50.3 Å². The number of carbonyl (C=O) groups is 2. The van der Waals surface area contributed by atoms with Crippen molar-refractivity contribution >= 4 is 11.8 Å². The van der Waals surface area contributed by atoms with E-state index >= 15 is 0 Å². The summed E-state index contributed by atoms with van der Waals surface area (Å²) in [5.41, 5.74) is 0.425. The average Bonchev–Trinajstić information content (AvgIpc) is 3.39. The molecule has 0 bridgehead atoms. The maximum Gasteiger partial charge on any atom is 0.342 e. The van der Waals surface area contributed by atoms with Gasteiger partial charge in [0.25, 0.3) is 0 Å². The zero-order chi connectivity index (χ0) is 20.4. The van der Waals surface area contributed by atoms with E-state index in [1.165, 1.54) is 26.4 Å². The molecule has 0 radical (unpaired) electrons. The molecule has 0 amide bonds. The Morgan fingerprint density at radius 2 is 1.96 bits per heavy atom. The first-order valence-electron chi connectivity index (χ1n) is 9.04. The topological polar surface area (TPSA) is 115 Å². The fraction of sp³-hybridized carbons (Fsp3) is 0.500. The number of hydrogen-bond donors (Lipinski definition) is 2. The number of benzene rings is 1. The highest BCUT2D eigenvalue weighted by Crippen LogP contribution is 2.46. The van der Waals surface area contributed by atoms with E-state index in [2.05, 4.69) is 0 Å². The van der Waals surface area contributed by atoms with Crippen molar-refractivity contribution in [1.29, 1.82) is 0 Å². The zero-order valence-electron chi connectivity index (χ0n) is 16.0. The Bertz CT molecular complexity index is 787. The average molecular weight is 392 g/mol. The van der Waals surface area contributed by atoms with Crippen molar-refractivity contribution in [3.63, 3.8) is 0 Å². The molecule has 8 heteroatoms. The molecule has 2 heterocycles. The summed E-state index contributed by atoms with van der Waals surface area (Å²) in [6, 6.07) is 2.93. The Balaban J connectivity index is 1.98. The second-order valence-electron chi connectivity index (χ2n) is 6.92. The number of epoxide rings is 1. The van der Waals surface area contributed by atoms with E-state index < -0.39 is 36.5 Å². The molecule has 0 spiro atoms. The van der Waals surface area contributed by atoms with Crippen molar-refractivity contribution in [2.75, 3.05) is 14.2 Å². The standard InChI is InChI=1S/C20H24O8/c1-10-5-4-6-13(21)19(26-3)15(23)9-16-18(28-16)12-7-11(25-2)8-14(22)17(12)20(24)27-10/h4,6-8,10,15-16,18-19,22-23H,5,9H2,1-3H3/b6-4-/t10-,15-,16+,18+,19+/m0/s1. The van der Waals surface area contributed by atoms with Gasteiger partial charge in [0, 0.05) is 31.6 Å². The molecule has 3 rings (SSSR count). The van der Waals surface area contributed by atoms with E-state index in [9.17, 15) is 19.8 Å². The van der Waals surface area contributed by atoms with Crippen LogP contribution in [0.1, 0.15) is 41.8 Å². The number of rotatable bonds is 2. The fourth-order valence-corrected chi connectivity index (χ4v) is 3.37. The summed E-state index contributed by atoms with van der Waals surface area (Å²) in [6.45, 7) is 1.68. The van der Waals surface area contributed by atoms with E-state index in [-0.39, 0.29) is 23.5 Å². The first-order valence-corrected chi connectivity index (χ1v) is 9.04. The summed E-state index contributed by atoms with van der Waals surface area (Å²) in [5.74, 6) is -0.971. The minimum atomic E-state index is -1.08. The summed E-state index contributed by atoms with van der Waals surface area (Å²) in [7, 11) is 2.80. The van der Waals surface area contributed by atoms with Crippen molar-refractivity contribution in [3.8, 4) is 11.5 Å². The molecule has 152 valence electrons. The largest absolute Gasteiger partial charge is 0.507 e. The molecule has 8 nitrogen and oxygen atoms in total. The quantitative estimate of drug-likeness (QED) is 0.577. The summed E-state index contributed by atoms with van der Waals surface area (Å²) >= 11 is 0. The lowest BCUT2D eigenvalue weighted by atomic mass is 9.96. The van der Waals surface area contributed by atoms with Gasteiger partial charge >= 0.3 is 5.97 Å². The SMILES string of the molecule is COc1cc(O)c2c(c1)[C@H]1O[C@@H]1C[C@H](O)[C@H](OC)C(=O)/C=C\C[C@H](C)OC2=O. The molecule has 1 aromatic carbocycles. The van der Waals surface area contributed by atoms with Crippen molar-refractivity contribution in [3.05, 3.63) is 35.4 Å². The highest BCUT2D eigenvalue weighted by atomic mass is 16.6. The Hall–Kier alpha value is -2.42. The van der Waals surface area contributed by atoms with E-state index in [0.717, 1.165) is 0 Å². The van der Waals surface area contributed by atoms with Crippen LogP contribution in [0.4, 0.5) is 0 Å². The van der Waals surface area contributed by atoms with E-state index in [0.29, 0.717) is 17.7 Å². The number of esters is 1. The Morgan fingerprint density at radius 1 is 1.21 bits per heavy atom. The maximum atomic E-state index is 12.7. The molecular weight excluding hydrogens is 368 g/mol. The van der Waals surface area contributed by atoms with Gasteiger partial charge in [0.05, 0.1) is 19.3 Å². The van der Waals surface area contributed by atoms with Gasteiger partial charge in [-0.2, -0.15) is 0 Å². The molecule has 0 saturated carbocycles. The van der Waals surface area contributed by atoms with Gasteiger partial charge in [0.2, 0.25) is 0 Å². The van der Waals surface area contributed by atoms with Crippen LogP contribution < -0.4 is 4.74 Å². The number of ketones is 1. The van der Waals surface area contributed by atoms with Gasteiger partial charge in [0.1, 0.15) is 35.4 Å². The second kappa shape index (κ2) is 8.30. The highest BCUT2D eigenvalue weighted by Gasteiger charge is 2.46. The molecule has 2 aliphatic heterocycles. The predicted molar refractivity (Wildman–Crippen MR) is 97.3 cm³/mol. The first kappa shape index (κ1) is 20.3. The van der Waals surface area contributed by atoms with Gasteiger partial charge in [-0.1, -0.05) is 6.08 Å². The normalized spacial score (nSPS) is 31.8. The van der Waals surface area contributed by atoms with E-state index in [4.69, 9.17) is 18.9 Å². The van der Waals surface area contributed by atoms with Crippen LogP contribution in [0.5, 0.6) is 11.5 Å². The molecule has 1 saturated heterocycles. The molecule has 1 aromatic rings. The summed E-state index contributed by atoms with van der Waals surface area (Å²) in [6.07, 6.45) is -0.305. The third-order valence-corrected chi connectivity index (χ3v) is 4.87. The number of aliphatic hydroxyl groups excluding tert-OH is 1. The minimum absolute atomic E-state index is 0.00930. The number of methoxy groups -OCH3 is 2. The van der Waals surface area contributed by atoms with Crippen LogP contribution in [0.25, 0.3) is 0 Å². The van der Waals surface area contributed by atoms with Gasteiger partial charge < -0.3 is 29.2 Å². The van der Waals surface area contributed by atoms with Gasteiger partial charge in [-0.25, -0.2) is 4.79 Å². The number of hydrogen-bond acceptors (Lipinski definition) is 8. The summed E-state index contributed by atoms with van der Waals surface area (Å²) < 4.78 is 21.4. The van der Waals surface area contributed by atoms with Crippen LogP contribution in [0, 0.1) is 0 Å². The molecule has 2 aliphatic rings. The number of fused-ring (bicyclic) bond motifs is 3. The number of phenolic OH excluding ortho intramolecular Hbond substituents is 1. The number of cyclic esters (lactones) is 1. The molecule has 0 unspecified atom stereocenters. The molecule has 28 heavy (non-hydrogen) atoms. The van der Waals surface area contributed by atoms with Crippen molar-refractivity contribution < 1.29 is 38.7 Å². The van der Waals surface area contributed by atoms with Crippen LogP contribution in [-0.4, -0.2) is 60.6 Å². The van der Waals surface area contributed by atoms with Crippen LogP contribution in [0.3, 0.4) is 0 Å². The molecular formula is C20H24O8. The molecule has 5 atom stereocenters. The lowest BCUT2D eigenvalue weighted by molar-refractivity contribution is -0.131. The Kier molecular flexibility index (Phi) is 6.02. The minimum Gasteiger partial charge on any atom is -0.507 e. The number of ether oxygens (including phenoxy) is 4. The van der Waals surface area contributed by atoms with Gasteiger partial charge in [-0.15, -0.1) is 0 Å². The molecule has 0 aliphatic carbocycles. The predicted octanol–water partition coefficient (Wildman–Crippen LogP) is 1.68. The van der Waals surface area contributed by atoms with E-state index in [1.54, 1.807) is 19.1 Å². The van der Waals surface area contributed by atoms with Gasteiger partial charge in [-0.3, -0.25) is 4.79 Å². The number of aliphatic hydroxyl groups is 1. The third kappa shape index (κ3) is 4.19. The van der Waals surface area contributed by atoms with Crippen LogP contribution in [0.15, 0.2) is 24.3 Å². The smallest absolute Gasteiger partial charge is 0.342 e. The summed E-state index contributed by atoms with van der Waals surface area (Å²) in [5, 5.41) is 20.8. The van der Waals surface area contributed by atoms with Gasteiger partial charge in [-0.05, 0) is 19.1 Å². The first-order chi connectivity index (χ1) is 13.3.